The van der Waals surface area contributed by atoms with Gasteiger partial charge in [-0.05, 0) is 37.0 Å². The number of aromatic hydroxyl groups is 1. The lowest BCUT2D eigenvalue weighted by Crippen LogP contribution is -2.32. The third-order valence-corrected chi connectivity index (χ3v) is 4.12. The summed E-state index contributed by atoms with van der Waals surface area (Å²) in [4.78, 5) is 0. The molecule has 1 aliphatic rings. The maximum Gasteiger partial charge on any atom is 0.134 e. The van der Waals surface area contributed by atoms with Crippen molar-refractivity contribution < 1.29 is 5.11 Å². The monoisotopic (exact) mass is 239 g/mol. The second-order valence-corrected chi connectivity index (χ2v) is 5.22. The van der Waals surface area contributed by atoms with E-state index in [1.54, 1.807) is 6.07 Å². The zero-order chi connectivity index (χ0) is 11.8. The van der Waals surface area contributed by atoms with Crippen molar-refractivity contribution in [3.63, 3.8) is 0 Å². The van der Waals surface area contributed by atoms with Gasteiger partial charge in [0.2, 0.25) is 0 Å². The van der Waals surface area contributed by atoms with Crippen LogP contribution in [0.2, 0.25) is 5.02 Å². The highest BCUT2D eigenvalue weighted by atomic mass is 35.5. The average molecular weight is 240 g/mol. The summed E-state index contributed by atoms with van der Waals surface area (Å²) in [5.74, 6) is 0.177. The number of hydrogen-bond acceptors (Lipinski definition) is 2. The van der Waals surface area contributed by atoms with Crippen molar-refractivity contribution in [1.82, 2.24) is 0 Å². The van der Waals surface area contributed by atoms with Crippen LogP contribution in [-0.2, 0) is 5.41 Å². The number of phenolic OH excluding ortho intramolecular Hbond substituents is 1. The Hall–Kier alpha value is -0.730. The van der Waals surface area contributed by atoms with Gasteiger partial charge in [0.05, 0.1) is 5.02 Å². The van der Waals surface area contributed by atoms with Crippen molar-refractivity contribution >= 4 is 11.6 Å². The smallest absolute Gasteiger partial charge is 0.134 e. The van der Waals surface area contributed by atoms with E-state index in [9.17, 15) is 5.11 Å². The van der Waals surface area contributed by atoms with E-state index < -0.39 is 0 Å². The van der Waals surface area contributed by atoms with Gasteiger partial charge in [0, 0.05) is 12.0 Å². The van der Waals surface area contributed by atoms with E-state index in [0.717, 1.165) is 24.0 Å². The highest BCUT2D eigenvalue weighted by Gasteiger charge is 2.36. The number of benzene rings is 1. The number of aryl methyl sites for hydroxylation is 1. The van der Waals surface area contributed by atoms with E-state index >= 15 is 0 Å². The normalized spacial score (nSPS) is 18.9. The molecule has 88 valence electrons. The van der Waals surface area contributed by atoms with Gasteiger partial charge in [-0.3, -0.25) is 0 Å². The second-order valence-electron chi connectivity index (χ2n) is 4.84. The van der Waals surface area contributed by atoms with Crippen LogP contribution in [0.3, 0.4) is 0 Å². The largest absolute Gasteiger partial charge is 0.506 e. The Labute approximate surface area is 101 Å². The van der Waals surface area contributed by atoms with Crippen LogP contribution in [0.4, 0.5) is 0 Å². The topological polar surface area (TPSA) is 46.2 Å². The Morgan fingerprint density at radius 1 is 1.38 bits per heavy atom. The summed E-state index contributed by atoms with van der Waals surface area (Å²) in [7, 11) is 0. The Balaban J connectivity index is 2.53. The molecule has 3 heteroatoms. The van der Waals surface area contributed by atoms with Crippen molar-refractivity contribution in [3.05, 3.63) is 28.3 Å². The minimum absolute atomic E-state index is 0.0133. The fourth-order valence-corrected chi connectivity index (χ4v) is 3.08. The zero-order valence-corrected chi connectivity index (χ0v) is 10.3. The SMILES string of the molecule is Cc1cc(O)c(Cl)c(C2(CN)CCCC2)c1. The Bertz CT molecular complexity index is 397. The van der Waals surface area contributed by atoms with Gasteiger partial charge in [-0.2, -0.15) is 0 Å². The van der Waals surface area contributed by atoms with Crippen LogP contribution < -0.4 is 5.73 Å². The van der Waals surface area contributed by atoms with E-state index in [-0.39, 0.29) is 11.2 Å². The number of rotatable bonds is 2. The molecule has 0 atom stereocenters. The van der Waals surface area contributed by atoms with E-state index in [1.807, 2.05) is 6.92 Å². The van der Waals surface area contributed by atoms with Crippen molar-refractivity contribution in [2.24, 2.45) is 5.73 Å². The summed E-state index contributed by atoms with van der Waals surface area (Å²) in [6.07, 6.45) is 4.54. The van der Waals surface area contributed by atoms with Crippen molar-refractivity contribution in [1.29, 1.82) is 0 Å². The summed E-state index contributed by atoms with van der Waals surface area (Å²) in [6.45, 7) is 2.58. The quantitative estimate of drug-likeness (QED) is 0.833. The van der Waals surface area contributed by atoms with Gasteiger partial charge in [0.25, 0.3) is 0 Å². The molecule has 0 aromatic heterocycles. The molecule has 1 aliphatic carbocycles. The van der Waals surface area contributed by atoms with Gasteiger partial charge in [-0.1, -0.05) is 30.5 Å². The van der Waals surface area contributed by atoms with E-state index in [4.69, 9.17) is 17.3 Å². The van der Waals surface area contributed by atoms with Crippen LogP contribution in [0.15, 0.2) is 12.1 Å². The number of hydrogen-bond donors (Lipinski definition) is 2. The van der Waals surface area contributed by atoms with Crippen LogP contribution in [0.5, 0.6) is 5.75 Å². The summed E-state index contributed by atoms with van der Waals surface area (Å²) < 4.78 is 0. The molecule has 1 aromatic rings. The lowest BCUT2D eigenvalue weighted by Gasteiger charge is -2.29. The molecule has 0 unspecified atom stereocenters. The zero-order valence-electron chi connectivity index (χ0n) is 9.59. The molecule has 16 heavy (non-hydrogen) atoms. The minimum Gasteiger partial charge on any atom is -0.506 e. The number of halogens is 1. The molecular weight excluding hydrogens is 222 g/mol. The maximum atomic E-state index is 9.78. The van der Waals surface area contributed by atoms with E-state index in [1.165, 1.54) is 12.8 Å². The van der Waals surface area contributed by atoms with Crippen LogP contribution in [0.25, 0.3) is 0 Å². The molecule has 0 saturated heterocycles. The molecule has 3 N–H and O–H groups in total. The first kappa shape index (κ1) is 11.7. The molecule has 0 spiro atoms. The lowest BCUT2D eigenvalue weighted by atomic mass is 9.78. The molecule has 1 saturated carbocycles. The molecule has 1 fully saturated rings. The summed E-state index contributed by atoms with van der Waals surface area (Å²) in [5, 5.41) is 10.3. The molecule has 0 radical (unpaired) electrons. The van der Waals surface area contributed by atoms with Crippen LogP contribution in [0, 0.1) is 6.92 Å². The van der Waals surface area contributed by atoms with Gasteiger partial charge in [0.1, 0.15) is 5.75 Å². The first-order valence-corrected chi connectivity index (χ1v) is 6.16. The molecule has 1 aromatic carbocycles. The standard InChI is InChI=1S/C13H18ClNO/c1-9-6-10(12(14)11(16)7-9)13(8-15)4-2-3-5-13/h6-7,16H,2-5,8,15H2,1H3. The summed E-state index contributed by atoms with van der Waals surface area (Å²) >= 11 is 6.21. The van der Waals surface area contributed by atoms with Crippen LogP contribution in [-0.4, -0.2) is 11.7 Å². The van der Waals surface area contributed by atoms with Crippen molar-refractivity contribution in [3.8, 4) is 5.75 Å². The molecule has 2 nitrogen and oxygen atoms in total. The summed E-state index contributed by atoms with van der Waals surface area (Å²) in [5.41, 5.74) is 7.99. The van der Waals surface area contributed by atoms with Crippen molar-refractivity contribution in [2.75, 3.05) is 6.54 Å². The fraction of sp³-hybridized carbons (Fsp3) is 0.538. The molecule has 2 rings (SSSR count). The van der Waals surface area contributed by atoms with Gasteiger partial charge in [-0.15, -0.1) is 0 Å². The fourth-order valence-electron chi connectivity index (χ4n) is 2.77. The molecule has 0 aliphatic heterocycles. The van der Waals surface area contributed by atoms with E-state index in [0.29, 0.717) is 11.6 Å². The van der Waals surface area contributed by atoms with Crippen LogP contribution >= 0.6 is 11.6 Å². The third-order valence-electron chi connectivity index (χ3n) is 3.72. The molecule has 0 bridgehead atoms. The van der Waals surface area contributed by atoms with Gasteiger partial charge in [-0.25, -0.2) is 0 Å². The predicted octanol–water partition coefficient (Wildman–Crippen LogP) is 3.12. The van der Waals surface area contributed by atoms with Gasteiger partial charge >= 0.3 is 0 Å². The number of phenols is 1. The molecule has 0 amide bonds. The summed E-state index contributed by atoms with van der Waals surface area (Å²) in [6, 6.07) is 3.77. The Morgan fingerprint density at radius 3 is 2.56 bits per heavy atom. The van der Waals surface area contributed by atoms with E-state index in [2.05, 4.69) is 6.07 Å². The lowest BCUT2D eigenvalue weighted by molar-refractivity contribution is 0.441. The molecular formula is C13H18ClNO. The first-order valence-electron chi connectivity index (χ1n) is 5.79. The first-order chi connectivity index (χ1) is 7.59. The highest BCUT2D eigenvalue weighted by Crippen LogP contribution is 2.45. The van der Waals surface area contributed by atoms with Gasteiger partial charge in [0.15, 0.2) is 0 Å². The second kappa shape index (κ2) is 4.27. The third kappa shape index (κ3) is 1.80. The average Bonchev–Trinajstić information content (AvgIpc) is 2.73. The minimum atomic E-state index is -0.0133. The maximum absolute atomic E-state index is 9.78. The van der Waals surface area contributed by atoms with Crippen LogP contribution in [0.1, 0.15) is 36.8 Å². The number of nitrogens with two attached hydrogens (primary N) is 1. The molecule has 0 heterocycles. The Morgan fingerprint density at radius 2 is 2.00 bits per heavy atom. The predicted molar refractivity (Wildman–Crippen MR) is 67.1 cm³/mol. The van der Waals surface area contributed by atoms with Gasteiger partial charge < -0.3 is 10.8 Å². The van der Waals surface area contributed by atoms with Crippen molar-refractivity contribution in [2.45, 2.75) is 38.0 Å². The highest BCUT2D eigenvalue weighted by molar-refractivity contribution is 6.33. The Kier molecular flexibility index (Phi) is 3.13.